The van der Waals surface area contributed by atoms with Gasteiger partial charge in [0.1, 0.15) is 36.6 Å². The minimum atomic E-state index is -1.53. The van der Waals surface area contributed by atoms with Crippen LogP contribution < -0.4 is 5.73 Å². The highest BCUT2D eigenvalue weighted by Crippen LogP contribution is 2.36. The van der Waals surface area contributed by atoms with Crippen molar-refractivity contribution < 1.29 is 35.1 Å². The number of hydrogen-bond donors (Lipinski definition) is 7. The number of aromatic nitrogens is 1. The van der Waals surface area contributed by atoms with Crippen molar-refractivity contribution in [2.75, 3.05) is 6.61 Å². The monoisotopic (exact) mass is 366 g/mol. The third kappa shape index (κ3) is 3.20. The fraction of sp³-hybridized carbons (Fsp3) is 0.471. The number of aromatic amines is 1. The van der Waals surface area contributed by atoms with Gasteiger partial charge in [-0.2, -0.15) is 0 Å². The summed E-state index contributed by atoms with van der Waals surface area (Å²) in [6.45, 7) is -0.550. The summed E-state index contributed by atoms with van der Waals surface area (Å²) in [5.74, 6) is -1.17. The molecule has 0 amide bonds. The van der Waals surface area contributed by atoms with E-state index < -0.39 is 49.1 Å². The van der Waals surface area contributed by atoms with Crippen LogP contribution in [0.4, 0.5) is 0 Å². The Bertz CT molecular complexity index is 791. The van der Waals surface area contributed by atoms with Gasteiger partial charge in [-0.25, -0.2) is 0 Å². The van der Waals surface area contributed by atoms with Crippen molar-refractivity contribution >= 4 is 16.9 Å². The molecule has 1 saturated heterocycles. The van der Waals surface area contributed by atoms with Gasteiger partial charge < -0.3 is 41.0 Å². The number of carbonyl (C=O) groups is 1. The molecule has 6 atom stereocenters. The van der Waals surface area contributed by atoms with Gasteiger partial charge in [-0.1, -0.05) is 18.2 Å². The Hall–Kier alpha value is -2.01. The van der Waals surface area contributed by atoms with E-state index in [-0.39, 0.29) is 6.42 Å². The predicted molar refractivity (Wildman–Crippen MR) is 90.3 cm³/mol. The first-order valence-corrected chi connectivity index (χ1v) is 8.23. The Morgan fingerprint density at radius 2 is 1.88 bits per heavy atom. The summed E-state index contributed by atoms with van der Waals surface area (Å²) in [7, 11) is 0. The molecule has 9 heteroatoms. The van der Waals surface area contributed by atoms with Gasteiger partial charge in [-0.15, -0.1) is 0 Å². The molecule has 3 rings (SSSR count). The average Bonchev–Trinajstić information content (AvgIpc) is 2.98. The molecule has 2 heterocycles. The number of rotatable bonds is 5. The first-order valence-electron chi connectivity index (χ1n) is 8.23. The summed E-state index contributed by atoms with van der Waals surface area (Å²) < 4.78 is 5.60. The molecular weight excluding hydrogens is 344 g/mol. The average molecular weight is 366 g/mol. The minimum Gasteiger partial charge on any atom is -0.480 e. The van der Waals surface area contributed by atoms with Crippen LogP contribution in [0.3, 0.4) is 0 Å². The van der Waals surface area contributed by atoms with Gasteiger partial charge in [0.05, 0.1) is 12.3 Å². The molecule has 1 aliphatic rings. The smallest absolute Gasteiger partial charge is 0.320 e. The van der Waals surface area contributed by atoms with Crippen molar-refractivity contribution in [3.63, 3.8) is 0 Å². The second kappa shape index (κ2) is 7.31. The lowest BCUT2D eigenvalue weighted by molar-refractivity contribution is -0.232. The normalized spacial score (nSPS) is 30.4. The van der Waals surface area contributed by atoms with Gasteiger partial charge in [-0.3, -0.25) is 4.79 Å². The predicted octanol–water partition coefficient (Wildman–Crippen LogP) is -1.36. The number of aliphatic hydroxyl groups is 4. The largest absolute Gasteiger partial charge is 0.480 e. The lowest BCUT2D eigenvalue weighted by Gasteiger charge is -2.40. The summed E-state index contributed by atoms with van der Waals surface area (Å²) in [5.41, 5.74) is 7.28. The van der Waals surface area contributed by atoms with Crippen LogP contribution in [0.1, 0.15) is 17.4 Å². The van der Waals surface area contributed by atoms with Crippen molar-refractivity contribution in [2.45, 2.75) is 43.0 Å². The Morgan fingerprint density at radius 1 is 1.19 bits per heavy atom. The van der Waals surface area contributed by atoms with Gasteiger partial charge in [0.2, 0.25) is 0 Å². The number of aliphatic hydroxyl groups excluding tert-OH is 4. The number of benzene rings is 1. The lowest BCUT2D eigenvalue weighted by atomic mass is 9.90. The van der Waals surface area contributed by atoms with Crippen molar-refractivity contribution in [1.82, 2.24) is 4.98 Å². The van der Waals surface area contributed by atoms with E-state index in [2.05, 4.69) is 4.98 Å². The molecule has 26 heavy (non-hydrogen) atoms. The molecular formula is C17H22N2O7. The molecule has 9 nitrogen and oxygen atoms in total. The first kappa shape index (κ1) is 18.8. The standard InChI is InChI=1S/C17H22N2O7/c18-9(17(24)25)5-8-7-3-1-2-4-10(7)19-12(8)16-15(23)14(22)13(21)11(6-20)26-16/h1-4,9,11,13-16,19-23H,5-6,18H2,(H,24,25)/t9-,11+,13-,14-,15+,16-/m0/s1. The second-order valence-electron chi connectivity index (χ2n) is 6.46. The van der Waals surface area contributed by atoms with Crippen LogP contribution in [0.5, 0.6) is 0 Å². The number of H-pyrrole nitrogens is 1. The number of carboxylic acid groups (broad SMARTS) is 1. The van der Waals surface area contributed by atoms with E-state index in [1.165, 1.54) is 0 Å². The van der Waals surface area contributed by atoms with E-state index >= 15 is 0 Å². The van der Waals surface area contributed by atoms with Gasteiger partial charge in [0.25, 0.3) is 0 Å². The number of hydrogen-bond acceptors (Lipinski definition) is 7. The second-order valence-corrected chi connectivity index (χ2v) is 6.46. The molecule has 2 aromatic rings. The van der Waals surface area contributed by atoms with Crippen LogP contribution in [-0.4, -0.2) is 73.6 Å². The van der Waals surface area contributed by atoms with Crippen molar-refractivity contribution in [3.8, 4) is 0 Å². The zero-order chi connectivity index (χ0) is 19.0. The number of para-hydroxylation sites is 1. The zero-order valence-corrected chi connectivity index (χ0v) is 13.8. The summed E-state index contributed by atoms with van der Waals surface area (Å²) in [5, 5.41) is 49.6. The van der Waals surface area contributed by atoms with Crippen molar-refractivity contribution in [2.24, 2.45) is 5.73 Å². The van der Waals surface area contributed by atoms with Crippen LogP contribution in [0.2, 0.25) is 0 Å². The van der Waals surface area contributed by atoms with Gasteiger partial charge in [0, 0.05) is 17.3 Å². The van der Waals surface area contributed by atoms with E-state index in [9.17, 15) is 25.2 Å². The molecule has 0 aliphatic carbocycles. The summed E-state index contributed by atoms with van der Waals surface area (Å²) in [6.07, 6.45) is -6.65. The summed E-state index contributed by atoms with van der Waals surface area (Å²) in [4.78, 5) is 14.3. The maximum Gasteiger partial charge on any atom is 0.320 e. The molecule has 142 valence electrons. The molecule has 1 aromatic carbocycles. The van der Waals surface area contributed by atoms with Crippen LogP contribution in [0.15, 0.2) is 24.3 Å². The number of nitrogens with one attached hydrogen (secondary N) is 1. The maximum atomic E-state index is 11.2. The molecule has 0 radical (unpaired) electrons. The van der Waals surface area contributed by atoms with Crippen LogP contribution >= 0.6 is 0 Å². The molecule has 0 spiro atoms. The Balaban J connectivity index is 2.07. The van der Waals surface area contributed by atoms with Crippen LogP contribution in [0.25, 0.3) is 10.9 Å². The summed E-state index contributed by atoms with van der Waals surface area (Å²) in [6, 6.07) is 5.96. The number of aliphatic carboxylic acids is 1. The highest BCUT2D eigenvalue weighted by molar-refractivity contribution is 5.86. The molecule has 0 saturated carbocycles. The number of fused-ring (bicyclic) bond motifs is 1. The van der Waals surface area contributed by atoms with E-state index in [1.54, 1.807) is 24.3 Å². The van der Waals surface area contributed by atoms with E-state index in [4.69, 9.17) is 15.6 Å². The SMILES string of the molecule is N[C@@H](Cc1c([C@@H]2O[C@H](CO)[C@H](O)[C@H](O)[C@H]2O)[nH]c2ccccc12)C(=O)O. The highest BCUT2D eigenvalue weighted by atomic mass is 16.5. The molecule has 0 bridgehead atoms. The molecule has 0 unspecified atom stereocenters. The topological polar surface area (TPSA) is 169 Å². The minimum absolute atomic E-state index is 0.0241. The number of ether oxygens (including phenoxy) is 1. The van der Waals surface area contributed by atoms with Gasteiger partial charge in [0.15, 0.2) is 0 Å². The van der Waals surface area contributed by atoms with E-state index in [0.717, 1.165) is 5.39 Å². The molecule has 1 aliphatic heterocycles. The number of nitrogens with two attached hydrogens (primary N) is 1. The lowest BCUT2D eigenvalue weighted by Crippen LogP contribution is -2.55. The molecule has 1 fully saturated rings. The quantitative estimate of drug-likeness (QED) is 0.340. The summed E-state index contributed by atoms with van der Waals surface area (Å²) >= 11 is 0. The van der Waals surface area contributed by atoms with Crippen molar-refractivity contribution in [1.29, 1.82) is 0 Å². The molecule has 1 aromatic heterocycles. The fourth-order valence-corrected chi connectivity index (χ4v) is 3.33. The fourth-order valence-electron chi connectivity index (χ4n) is 3.33. The van der Waals surface area contributed by atoms with E-state index in [1.807, 2.05) is 0 Å². The first-order chi connectivity index (χ1) is 12.3. The Morgan fingerprint density at radius 3 is 2.54 bits per heavy atom. The number of carboxylic acids is 1. The Labute approximate surface area is 148 Å². The Kier molecular flexibility index (Phi) is 5.28. The van der Waals surface area contributed by atoms with Gasteiger partial charge >= 0.3 is 5.97 Å². The van der Waals surface area contributed by atoms with Crippen molar-refractivity contribution in [3.05, 3.63) is 35.5 Å². The third-order valence-electron chi connectivity index (χ3n) is 4.76. The van der Waals surface area contributed by atoms with Crippen LogP contribution in [-0.2, 0) is 16.0 Å². The third-order valence-corrected chi connectivity index (χ3v) is 4.76. The van der Waals surface area contributed by atoms with E-state index in [0.29, 0.717) is 16.8 Å². The zero-order valence-electron chi connectivity index (χ0n) is 13.8. The molecule has 8 N–H and O–H groups in total. The maximum absolute atomic E-state index is 11.2. The van der Waals surface area contributed by atoms with Crippen LogP contribution in [0, 0.1) is 0 Å². The van der Waals surface area contributed by atoms with Gasteiger partial charge in [-0.05, 0) is 11.6 Å². The highest BCUT2D eigenvalue weighted by Gasteiger charge is 2.45.